The number of alkyl halides is 2. The first-order chi connectivity index (χ1) is 10.1. The van der Waals surface area contributed by atoms with Crippen molar-refractivity contribution in [1.82, 2.24) is 0 Å². The summed E-state index contributed by atoms with van der Waals surface area (Å²) in [5, 5.41) is 10.8. The molecular formula is C15H9F2NO2S. The Labute approximate surface area is 123 Å². The van der Waals surface area contributed by atoms with Crippen LogP contribution in [0.2, 0.25) is 0 Å². The summed E-state index contributed by atoms with van der Waals surface area (Å²) in [6.07, 6.45) is 1.41. The molecule has 0 saturated heterocycles. The van der Waals surface area contributed by atoms with Crippen LogP contribution >= 0.6 is 11.3 Å². The molecule has 0 atom stereocenters. The summed E-state index contributed by atoms with van der Waals surface area (Å²) in [4.78, 5) is 12.5. The first kappa shape index (κ1) is 14.9. The Morgan fingerprint density at radius 3 is 2.52 bits per heavy atom. The molecule has 0 aliphatic rings. The number of carbonyl (C=O) groups excluding carboxylic acids is 1. The van der Waals surface area contributed by atoms with Crippen molar-refractivity contribution >= 4 is 23.2 Å². The van der Waals surface area contributed by atoms with Crippen molar-refractivity contribution in [3.05, 3.63) is 57.8 Å². The molecule has 106 valence electrons. The molecule has 0 fully saturated rings. The van der Waals surface area contributed by atoms with Crippen LogP contribution in [0, 0.1) is 11.3 Å². The minimum Gasteiger partial charge on any atom is -0.435 e. The van der Waals surface area contributed by atoms with Crippen LogP contribution in [0.1, 0.15) is 15.2 Å². The second-order valence-electron chi connectivity index (χ2n) is 3.92. The van der Waals surface area contributed by atoms with Crippen LogP contribution in [0.25, 0.3) is 6.08 Å². The van der Waals surface area contributed by atoms with Crippen molar-refractivity contribution in [2.75, 3.05) is 0 Å². The zero-order valence-corrected chi connectivity index (χ0v) is 11.4. The van der Waals surface area contributed by atoms with Crippen LogP contribution in [-0.2, 0) is 0 Å². The van der Waals surface area contributed by atoms with Crippen LogP contribution < -0.4 is 4.74 Å². The molecule has 2 rings (SSSR count). The number of benzene rings is 1. The second kappa shape index (κ2) is 6.77. The molecule has 21 heavy (non-hydrogen) atoms. The molecule has 0 amide bonds. The third kappa shape index (κ3) is 3.97. The van der Waals surface area contributed by atoms with Gasteiger partial charge < -0.3 is 4.74 Å². The molecule has 0 radical (unpaired) electrons. The number of allylic oxidation sites excluding steroid dienone is 1. The lowest BCUT2D eigenvalue weighted by Crippen LogP contribution is -2.01. The second-order valence-corrected chi connectivity index (χ2v) is 4.87. The van der Waals surface area contributed by atoms with Crippen molar-refractivity contribution in [1.29, 1.82) is 5.26 Å². The summed E-state index contributed by atoms with van der Waals surface area (Å²) < 4.78 is 28.3. The monoisotopic (exact) mass is 305 g/mol. The van der Waals surface area contributed by atoms with Gasteiger partial charge in [-0.15, -0.1) is 11.3 Å². The molecule has 1 heterocycles. The number of rotatable bonds is 5. The summed E-state index contributed by atoms with van der Waals surface area (Å²) >= 11 is 1.25. The Hall–Kier alpha value is -2.52. The number of ketones is 1. The number of ether oxygens (including phenoxy) is 1. The van der Waals surface area contributed by atoms with E-state index in [4.69, 9.17) is 5.26 Å². The molecule has 2 aromatic rings. The first-order valence-corrected chi connectivity index (χ1v) is 6.73. The average molecular weight is 305 g/mol. The highest BCUT2D eigenvalue weighted by Gasteiger charge is 2.13. The van der Waals surface area contributed by atoms with E-state index in [1.54, 1.807) is 17.5 Å². The van der Waals surface area contributed by atoms with Gasteiger partial charge >= 0.3 is 6.61 Å². The largest absolute Gasteiger partial charge is 0.435 e. The predicted molar refractivity (Wildman–Crippen MR) is 75.3 cm³/mol. The molecule has 1 aromatic carbocycles. The van der Waals surface area contributed by atoms with Crippen molar-refractivity contribution < 1.29 is 18.3 Å². The third-order valence-electron chi connectivity index (χ3n) is 2.53. The van der Waals surface area contributed by atoms with Gasteiger partial charge in [0.25, 0.3) is 0 Å². The summed E-state index contributed by atoms with van der Waals surface area (Å²) in [5.74, 6) is -0.342. The van der Waals surface area contributed by atoms with Crippen molar-refractivity contribution in [2.24, 2.45) is 0 Å². The van der Waals surface area contributed by atoms with E-state index in [9.17, 15) is 13.6 Å². The molecule has 0 aliphatic carbocycles. The molecule has 6 heteroatoms. The van der Waals surface area contributed by atoms with E-state index in [0.717, 1.165) is 0 Å². The maximum atomic E-state index is 12.0. The van der Waals surface area contributed by atoms with Crippen LogP contribution in [0.4, 0.5) is 8.78 Å². The van der Waals surface area contributed by atoms with Gasteiger partial charge in [-0.05, 0) is 35.2 Å². The van der Waals surface area contributed by atoms with E-state index in [1.165, 1.54) is 41.7 Å². The fourth-order valence-corrected chi connectivity index (χ4v) is 2.28. The number of nitriles is 1. The SMILES string of the molecule is N#C/C(=C\c1ccc(OC(F)F)cc1)C(=O)c1cccs1. The van der Waals surface area contributed by atoms with Crippen LogP contribution in [-0.4, -0.2) is 12.4 Å². The first-order valence-electron chi connectivity index (χ1n) is 5.85. The highest BCUT2D eigenvalue weighted by Crippen LogP contribution is 2.19. The molecule has 0 saturated carbocycles. The number of carbonyl (C=O) groups is 1. The summed E-state index contributed by atoms with van der Waals surface area (Å²) in [5.41, 5.74) is 0.540. The van der Waals surface area contributed by atoms with Crippen molar-refractivity contribution in [3.8, 4) is 11.8 Å². The van der Waals surface area contributed by atoms with Gasteiger partial charge in [-0.1, -0.05) is 18.2 Å². The summed E-state index contributed by atoms with van der Waals surface area (Å²) in [6.45, 7) is -2.89. The number of hydrogen-bond acceptors (Lipinski definition) is 4. The van der Waals surface area contributed by atoms with E-state index in [0.29, 0.717) is 10.4 Å². The minimum absolute atomic E-state index is 0.0139. The predicted octanol–water partition coefficient (Wildman–Crippen LogP) is 4.14. The Bertz CT molecular complexity index is 685. The zero-order valence-electron chi connectivity index (χ0n) is 10.6. The summed E-state index contributed by atoms with van der Waals surface area (Å²) in [7, 11) is 0. The van der Waals surface area contributed by atoms with Gasteiger partial charge in [0.1, 0.15) is 17.4 Å². The van der Waals surface area contributed by atoms with Gasteiger partial charge in [0, 0.05) is 0 Å². The molecule has 0 N–H and O–H groups in total. The highest BCUT2D eigenvalue weighted by molar-refractivity contribution is 7.12. The molecule has 0 aliphatic heterocycles. The van der Waals surface area contributed by atoms with Gasteiger partial charge in [0.2, 0.25) is 5.78 Å². The maximum absolute atomic E-state index is 12.0. The lowest BCUT2D eigenvalue weighted by Gasteiger charge is -2.04. The van der Waals surface area contributed by atoms with Gasteiger partial charge in [0.05, 0.1) is 4.88 Å². The Morgan fingerprint density at radius 1 is 1.29 bits per heavy atom. The van der Waals surface area contributed by atoms with E-state index in [-0.39, 0.29) is 17.1 Å². The number of thiophene rings is 1. The molecule has 0 unspecified atom stereocenters. The topological polar surface area (TPSA) is 50.1 Å². The van der Waals surface area contributed by atoms with Gasteiger partial charge in [0.15, 0.2) is 0 Å². The molecular weight excluding hydrogens is 296 g/mol. The van der Waals surface area contributed by atoms with Gasteiger partial charge in [-0.2, -0.15) is 14.0 Å². The fraction of sp³-hybridized carbons (Fsp3) is 0.0667. The lowest BCUT2D eigenvalue weighted by molar-refractivity contribution is -0.0498. The fourth-order valence-electron chi connectivity index (χ4n) is 1.60. The maximum Gasteiger partial charge on any atom is 0.387 e. The van der Waals surface area contributed by atoms with E-state index >= 15 is 0 Å². The molecule has 0 bridgehead atoms. The molecule has 3 nitrogen and oxygen atoms in total. The van der Waals surface area contributed by atoms with Crippen molar-refractivity contribution in [3.63, 3.8) is 0 Å². The van der Waals surface area contributed by atoms with Crippen LogP contribution in [0.15, 0.2) is 47.4 Å². The van der Waals surface area contributed by atoms with E-state index in [2.05, 4.69) is 4.74 Å². The summed E-state index contributed by atoms with van der Waals surface area (Å²) in [6, 6.07) is 10.9. The van der Waals surface area contributed by atoms with Crippen LogP contribution in [0.3, 0.4) is 0 Å². The minimum atomic E-state index is -2.89. The lowest BCUT2D eigenvalue weighted by atomic mass is 10.1. The van der Waals surface area contributed by atoms with Gasteiger partial charge in [-0.3, -0.25) is 4.79 Å². The van der Waals surface area contributed by atoms with Crippen LogP contribution in [0.5, 0.6) is 5.75 Å². The molecule has 1 aromatic heterocycles. The quantitative estimate of drug-likeness (QED) is 0.474. The normalized spacial score (nSPS) is 11.2. The smallest absolute Gasteiger partial charge is 0.387 e. The Balaban J connectivity index is 2.20. The molecule has 0 spiro atoms. The highest BCUT2D eigenvalue weighted by atomic mass is 32.1. The number of Topliss-reactive ketones (excluding diaryl/α,β-unsaturated/α-hetero) is 1. The third-order valence-corrected chi connectivity index (χ3v) is 3.39. The van der Waals surface area contributed by atoms with Crippen molar-refractivity contribution in [2.45, 2.75) is 6.61 Å². The Morgan fingerprint density at radius 2 is 2.00 bits per heavy atom. The van der Waals surface area contributed by atoms with Gasteiger partial charge in [-0.25, -0.2) is 0 Å². The number of nitrogens with zero attached hydrogens (tertiary/aromatic N) is 1. The average Bonchev–Trinajstić information content (AvgIpc) is 2.99. The zero-order chi connectivity index (χ0) is 15.2. The van der Waals surface area contributed by atoms with E-state index < -0.39 is 6.61 Å². The Kier molecular flexibility index (Phi) is 4.80. The standard InChI is InChI=1S/C15H9F2NO2S/c16-15(17)20-12-5-3-10(4-6-12)8-11(9-18)14(19)13-2-1-7-21-13/h1-8,15H/b11-8+. The van der Waals surface area contributed by atoms with E-state index in [1.807, 2.05) is 6.07 Å². The number of hydrogen-bond donors (Lipinski definition) is 0. The number of halogens is 2.